The van der Waals surface area contributed by atoms with E-state index in [-0.39, 0.29) is 24.2 Å². The molecule has 0 aliphatic carbocycles. The summed E-state index contributed by atoms with van der Waals surface area (Å²) in [6.45, 7) is 3.92. The van der Waals surface area contributed by atoms with Gasteiger partial charge in [0.15, 0.2) is 0 Å². The quantitative estimate of drug-likeness (QED) is 0.551. The summed E-state index contributed by atoms with van der Waals surface area (Å²) in [4.78, 5) is 34.1. The topological polar surface area (TPSA) is 102 Å². The number of carbonyl (C=O) groups excluding carboxylic acids is 2. The first-order chi connectivity index (χ1) is 18.4. The number of hydrogen-bond donors (Lipinski definition) is 1. The summed E-state index contributed by atoms with van der Waals surface area (Å²) in [6.07, 6.45) is 3.58. The molecule has 3 aliphatic heterocycles. The van der Waals surface area contributed by atoms with Gasteiger partial charge < -0.3 is 24.6 Å². The minimum absolute atomic E-state index is 0.00955. The van der Waals surface area contributed by atoms with Crippen LogP contribution in [-0.2, 0) is 16.1 Å². The van der Waals surface area contributed by atoms with Crippen LogP contribution < -0.4 is 19.9 Å². The van der Waals surface area contributed by atoms with Gasteiger partial charge in [0.25, 0.3) is 11.8 Å². The molecule has 3 aromatic rings. The van der Waals surface area contributed by atoms with Crippen molar-refractivity contribution in [1.29, 1.82) is 0 Å². The van der Waals surface area contributed by atoms with Crippen LogP contribution in [-0.4, -0.2) is 72.6 Å². The number of nitrogens with one attached hydrogen (secondary N) is 1. The van der Waals surface area contributed by atoms with E-state index in [9.17, 15) is 14.0 Å². The number of halogens is 1. The molecule has 3 aliphatic rings. The van der Waals surface area contributed by atoms with Gasteiger partial charge in [-0.1, -0.05) is 12.1 Å². The second-order valence-corrected chi connectivity index (χ2v) is 10.2. The summed E-state index contributed by atoms with van der Waals surface area (Å²) in [7, 11) is 1.69. The molecular formula is C27H29FN6O4. The van der Waals surface area contributed by atoms with Crippen molar-refractivity contribution in [2.75, 3.05) is 49.8 Å². The molecule has 0 unspecified atom stereocenters. The average Bonchev–Trinajstić information content (AvgIpc) is 3.35. The number of aromatic nitrogens is 3. The Hall–Kier alpha value is -3.99. The first kappa shape index (κ1) is 24.4. The lowest BCUT2D eigenvalue weighted by atomic mass is 9.73. The van der Waals surface area contributed by atoms with Crippen molar-refractivity contribution in [3.8, 4) is 5.75 Å². The van der Waals surface area contributed by atoms with Gasteiger partial charge in [0, 0.05) is 44.5 Å². The van der Waals surface area contributed by atoms with E-state index in [1.807, 2.05) is 18.2 Å². The maximum atomic E-state index is 13.3. The second kappa shape index (κ2) is 9.71. The summed E-state index contributed by atoms with van der Waals surface area (Å²) in [5, 5.41) is 6.91. The van der Waals surface area contributed by atoms with Crippen LogP contribution in [0.2, 0.25) is 0 Å². The van der Waals surface area contributed by atoms with Crippen molar-refractivity contribution >= 4 is 23.2 Å². The number of amides is 2. The van der Waals surface area contributed by atoms with Gasteiger partial charge >= 0.3 is 0 Å². The summed E-state index contributed by atoms with van der Waals surface area (Å²) < 4.78 is 26.1. The van der Waals surface area contributed by atoms with Crippen molar-refractivity contribution < 1.29 is 23.5 Å². The lowest BCUT2D eigenvalue weighted by molar-refractivity contribution is -0.120. The number of hydrogen-bond acceptors (Lipinski definition) is 7. The summed E-state index contributed by atoms with van der Waals surface area (Å²) in [6, 6.07) is 11.0. The molecule has 1 spiro atoms. The maximum absolute atomic E-state index is 13.3. The third kappa shape index (κ3) is 4.69. The monoisotopic (exact) mass is 520 g/mol. The molecule has 1 atom stereocenters. The zero-order valence-corrected chi connectivity index (χ0v) is 21.1. The van der Waals surface area contributed by atoms with Crippen LogP contribution in [0.5, 0.6) is 5.75 Å². The summed E-state index contributed by atoms with van der Waals surface area (Å²) in [5.41, 5.74) is 2.86. The molecule has 1 N–H and O–H groups in total. The molecule has 0 saturated carbocycles. The number of ether oxygens (including phenoxy) is 2. The highest BCUT2D eigenvalue weighted by atomic mass is 19.1. The number of nitrogens with zero attached hydrogens (tertiary/aromatic N) is 5. The third-order valence-electron chi connectivity index (χ3n) is 7.61. The highest BCUT2D eigenvalue weighted by molar-refractivity contribution is 6.02. The van der Waals surface area contributed by atoms with Crippen molar-refractivity contribution in [3.05, 3.63) is 66.0 Å². The molecule has 2 aromatic carbocycles. The second-order valence-electron chi connectivity index (χ2n) is 10.2. The molecule has 4 heterocycles. The van der Waals surface area contributed by atoms with Crippen LogP contribution in [0.25, 0.3) is 0 Å². The van der Waals surface area contributed by atoms with Gasteiger partial charge in [0.1, 0.15) is 30.5 Å². The molecular weight excluding hydrogens is 491 g/mol. The van der Waals surface area contributed by atoms with Gasteiger partial charge in [-0.15, -0.1) is 5.10 Å². The van der Waals surface area contributed by atoms with Crippen molar-refractivity contribution in [3.63, 3.8) is 0 Å². The van der Waals surface area contributed by atoms with E-state index in [2.05, 4.69) is 20.3 Å². The van der Waals surface area contributed by atoms with Gasteiger partial charge in [-0.25, -0.2) is 14.1 Å². The summed E-state index contributed by atoms with van der Waals surface area (Å²) in [5.74, 6) is -0.664. The molecule has 6 rings (SSSR count). The fraction of sp³-hybridized carbons (Fsp3) is 0.407. The zero-order valence-electron chi connectivity index (χ0n) is 21.1. The Kier molecular flexibility index (Phi) is 6.22. The largest absolute Gasteiger partial charge is 0.489 e. The fourth-order valence-corrected chi connectivity index (χ4v) is 5.33. The molecule has 1 aromatic heterocycles. The third-order valence-corrected chi connectivity index (χ3v) is 7.61. The minimum Gasteiger partial charge on any atom is -0.489 e. The number of benzene rings is 2. The first-order valence-corrected chi connectivity index (χ1v) is 12.7. The van der Waals surface area contributed by atoms with E-state index in [0.717, 1.165) is 50.4 Å². The van der Waals surface area contributed by atoms with Crippen LogP contribution in [0.4, 0.5) is 15.8 Å². The van der Waals surface area contributed by atoms with Gasteiger partial charge in [-0.05, 0) is 48.7 Å². The number of anilines is 2. The van der Waals surface area contributed by atoms with E-state index in [1.165, 1.54) is 28.0 Å². The lowest BCUT2D eigenvalue weighted by Gasteiger charge is -2.53. The van der Waals surface area contributed by atoms with Gasteiger partial charge in [0.05, 0.1) is 12.2 Å². The van der Waals surface area contributed by atoms with E-state index in [4.69, 9.17) is 9.47 Å². The molecule has 198 valence electrons. The van der Waals surface area contributed by atoms with E-state index in [1.54, 1.807) is 19.2 Å². The zero-order chi connectivity index (χ0) is 26.3. The number of likely N-dealkylation sites (N-methyl/N-ethyl adjacent to an activating group) is 1. The highest BCUT2D eigenvalue weighted by Crippen LogP contribution is 2.44. The van der Waals surface area contributed by atoms with Crippen LogP contribution in [0.1, 0.15) is 29.0 Å². The first-order valence-electron chi connectivity index (χ1n) is 12.7. The Morgan fingerprint density at radius 1 is 1.16 bits per heavy atom. The van der Waals surface area contributed by atoms with Gasteiger partial charge in [-0.2, -0.15) is 0 Å². The molecule has 38 heavy (non-hydrogen) atoms. The SMILES string of the molecule is CN1C(=O)[C@@H](NC(=O)c2ncn(Cc3ccc(F)cc3)n2)COc2ccc(N3CC4(CCOCC4)C3)cc21. The number of carbonyl (C=O) groups is 2. The van der Waals surface area contributed by atoms with E-state index in [0.29, 0.717) is 23.4 Å². The smallest absolute Gasteiger partial charge is 0.291 e. The van der Waals surface area contributed by atoms with Crippen molar-refractivity contribution in [1.82, 2.24) is 20.1 Å². The van der Waals surface area contributed by atoms with Gasteiger partial charge in [0.2, 0.25) is 5.82 Å². The normalized spacial score (nSPS) is 20.4. The molecule has 0 radical (unpaired) electrons. The molecule has 11 heteroatoms. The van der Waals surface area contributed by atoms with Crippen molar-refractivity contribution in [2.24, 2.45) is 5.41 Å². The van der Waals surface area contributed by atoms with Crippen LogP contribution >= 0.6 is 0 Å². The predicted octanol–water partition coefficient (Wildman–Crippen LogP) is 2.24. The van der Waals surface area contributed by atoms with Crippen LogP contribution in [0.3, 0.4) is 0 Å². The Morgan fingerprint density at radius 3 is 2.68 bits per heavy atom. The predicted molar refractivity (Wildman–Crippen MR) is 137 cm³/mol. The average molecular weight is 521 g/mol. The van der Waals surface area contributed by atoms with E-state index >= 15 is 0 Å². The lowest BCUT2D eigenvalue weighted by Crippen LogP contribution is -2.58. The number of fused-ring (bicyclic) bond motifs is 1. The van der Waals surface area contributed by atoms with Crippen LogP contribution in [0, 0.1) is 11.2 Å². The highest BCUT2D eigenvalue weighted by Gasteiger charge is 2.44. The molecule has 2 amide bonds. The Bertz CT molecular complexity index is 1350. The van der Waals surface area contributed by atoms with Gasteiger partial charge in [-0.3, -0.25) is 9.59 Å². The molecule has 10 nitrogen and oxygen atoms in total. The van der Waals surface area contributed by atoms with Crippen LogP contribution in [0.15, 0.2) is 48.8 Å². The maximum Gasteiger partial charge on any atom is 0.291 e. The van der Waals surface area contributed by atoms with E-state index < -0.39 is 11.9 Å². The molecule has 2 fully saturated rings. The Labute approximate surface area is 219 Å². The summed E-state index contributed by atoms with van der Waals surface area (Å²) >= 11 is 0. The standard InChI is InChI=1S/C27H29FN6O4/c1-32-22-12-20(33-15-27(16-33)8-10-37-11-9-27)6-7-23(22)38-14-21(26(32)36)30-25(35)24-29-17-34(31-24)13-18-2-4-19(28)5-3-18/h2-7,12,17,21H,8-11,13-16H2,1H3,(H,30,35)/t21-/m0/s1. The number of rotatable bonds is 5. The Balaban J connectivity index is 1.10. The van der Waals surface area contributed by atoms with Crippen molar-refractivity contribution in [2.45, 2.75) is 25.4 Å². The molecule has 0 bridgehead atoms. The fourth-order valence-electron chi connectivity index (χ4n) is 5.33. The Morgan fingerprint density at radius 2 is 1.92 bits per heavy atom. The molecule has 2 saturated heterocycles. The minimum atomic E-state index is -0.901.